The molecule has 0 fully saturated rings. The smallest absolute Gasteiger partial charge is 0.315 e. The van der Waals surface area contributed by atoms with Gasteiger partial charge in [-0.25, -0.2) is 9.18 Å². The predicted octanol–water partition coefficient (Wildman–Crippen LogP) is 3.10. The van der Waals surface area contributed by atoms with Crippen LogP contribution in [-0.4, -0.2) is 25.0 Å². The molecule has 0 saturated heterocycles. The van der Waals surface area contributed by atoms with E-state index in [4.69, 9.17) is 11.6 Å². The first-order valence-corrected chi connectivity index (χ1v) is 8.23. The van der Waals surface area contributed by atoms with E-state index in [1.165, 1.54) is 18.2 Å². The number of urea groups is 1. The molecule has 0 spiro atoms. The molecule has 7 heteroatoms. The van der Waals surface area contributed by atoms with Gasteiger partial charge >= 0.3 is 6.03 Å². The van der Waals surface area contributed by atoms with Gasteiger partial charge in [0.15, 0.2) is 0 Å². The van der Waals surface area contributed by atoms with Gasteiger partial charge < -0.3 is 16.0 Å². The molecule has 5 nitrogen and oxygen atoms in total. The van der Waals surface area contributed by atoms with Crippen molar-refractivity contribution in [3.05, 3.63) is 70.5 Å². The maximum absolute atomic E-state index is 13.4. The van der Waals surface area contributed by atoms with Crippen LogP contribution in [-0.2, 0) is 6.54 Å². The summed E-state index contributed by atoms with van der Waals surface area (Å²) >= 11 is 6.01. The minimum absolute atomic E-state index is 0.00735. The molecule has 0 saturated carbocycles. The van der Waals surface area contributed by atoms with Crippen LogP contribution in [0.3, 0.4) is 0 Å². The zero-order valence-electron chi connectivity index (χ0n) is 13.5. The third-order valence-electron chi connectivity index (χ3n) is 3.44. The fourth-order valence-electron chi connectivity index (χ4n) is 2.11. The summed E-state index contributed by atoms with van der Waals surface area (Å²) in [7, 11) is 0. The van der Waals surface area contributed by atoms with Crippen LogP contribution in [0.5, 0.6) is 0 Å². The average Bonchev–Trinajstić information content (AvgIpc) is 2.61. The van der Waals surface area contributed by atoms with E-state index in [0.29, 0.717) is 31.1 Å². The number of nitrogens with one attached hydrogen (secondary N) is 3. The molecular formula is C18H19ClFN3O2. The Morgan fingerprint density at radius 3 is 2.36 bits per heavy atom. The van der Waals surface area contributed by atoms with E-state index in [2.05, 4.69) is 16.0 Å². The van der Waals surface area contributed by atoms with Crippen LogP contribution in [0.15, 0.2) is 48.5 Å². The molecule has 2 rings (SSSR count). The summed E-state index contributed by atoms with van der Waals surface area (Å²) in [4.78, 5) is 23.5. The van der Waals surface area contributed by atoms with Crippen molar-refractivity contribution in [2.45, 2.75) is 13.0 Å². The fourth-order valence-corrected chi connectivity index (χ4v) is 2.32. The lowest BCUT2D eigenvalue weighted by molar-refractivity contribution is 0.0949. The Morgan fingerprint density at radius 2 is 1.60 bits per heavy atom. The van der Waals surface area contributed by atoms with Gasteiger partial charge in [0.05, 0.1) is 5.56 Å². The molecule has 2 aromatic rings. The SMILES string of the molecule is O=C(NCCCNC(=O)c1ccccc1F)NCc1ccccc1Cl. The third-order valence-corrected chi connectivity index (χ3v) is 3.81. The van der Waals surface area contributed by atoms with Crippen LogP contribution >= 0.6 is 11.6 Å². The van der Waals surface area contributed by atoms with E-state index < -0.39 is 11.7 Å². The summed E-state index contributed by atoms with van der Waals surface area (Å²) in [5.74, 6) is -1.03. The summed E-state index contributed by atoms with van der Waals surface area (Å²) < 4.78 is 13.4. The van der Waals surface area contributed by atoms with Crippen LogP contribution in [0, 0.1) is 5.82 Å². The van der Waals surface area contributed by atoms with Gasteiger partial charge in [-0.15, -0.1) is 0 Å². The lowest BCUT2D eigenvalue weighted by Crippen LogP contribution is -2.37. The van der Waals surface area contributed by atoms with Crippen molar-refractivity contribution in [1.29, 1.82) is 0 Å². The molecule has 0 aromatic heterocycles. The first-order chi connectivity index (χ1) is 12.1. The monoisotopic (exact) mass is 363 g/mol. The van der Waals surface area contributed by atoms with Crippen LogP contribution < -0.4 is 16.0 Å². The maximum Gasteiger partial charge on any atom is 0.315 e. The number of hydrogen-bond acceptors (Lipinski definition) is 2. The highest BCUT2D eigenvalue weighted by Crippen LogP contribution is 2.14. The van der Waals surface area contributed by atoms with Crippen LogP contribution in [0.2, 0.25) is 5.02 Å². The van der Waals surface area contributed by atoms with Gasteiger partial charge in [0, 0.05) is 24.7 Å². The number of rotatable bonds is 7. The van der Waals surface area contributed by atoms with Crippen molar-refractivity contribution < 1.29 is 14.0 Å². The van der Waals surface area contributed by atoms with Gasteiger partial charge in [-0.3, -0.25) is 4.79 Å². The zero-order valence-corrected chi connectivity index (χ0v) is 14.3. The van der Waals surface area contributed by atoms with Gasteiger partial charge in [0.25, 0.3) is 5.91 Å². The molecule has 3 amide bonds. The number of amides is 3. The van der Waals surface area contributed by atoms with Crippen LogP contribution in [0.1, 0.15) is 22.3 Å². The van der Waals surface area contributed by atoms with E-state index in [1.807, 2.05) is 18.2 Å². The highest BCUT2D eigenvalue weighted by Gasteiger charge is 2.09. The number of benzene rings is 2. The lowest BCUT2D eigenvalue weighted by Gasteiger charge is -2.09. The second-order valence-electron chi connectivity index (χ2n) is 5.29. The van der Waals surface area contributed by atoms with E-state index in [1.54, 1.807) is 12.1 Å². The quantitative estimate of drug-likeness (QED) is 0.661. The number of halogens is 2. The van der Waals surface area contributed by atoms with E-state index >= 15 is 0 Å². The Balaban J connectivity index is 1.61. The first-order valence-electron chi connectivity index (χ1n) is 7.86. The van der Waals surface area contributed by atoms with Gasteiger partial charge in [0.2, 0.25) is 0 Å². The van der Waals surface area contributed by atoms with Crippen molar-refractivity contribution in [2.24, 2.45) is 0 Å². The Hall–Kier alpha value is -2.60. The van der Waals surface area contributed by atoms with Gasteiger partial charge in [0.1, 0.15) is 5.82 Å². The molecule has 0 unspecified atom stereocenters. The molecule has 0 bridgehead atoms. The molecule has 0 radical (unpaired) electrons. The topological polar surface area (TPSA) is 70.2 Å². The van der Waals surface area contributed by atoms with Crippen molar-refractivity contribution in [3.63, 3.8) is 0 Å². The molecule has 25 heavy (non-hydrogen) atoms. The molecule has 0 aliphatic rings. The minimum atomic E-state index is -0.558. The van der Waals surface area contributed by atoms with Gasteiger partial charge in [-0.05, 0) is 30.2 Å². The molecule has 0 aliphatic carbocycles. The Morgan fingerprint density at radius 1 is 0.920 bits per heavy atom. The van der Waals surface area contributed by atoms with Crippen LogP contribution in [0.4, 0.5) is 9.18 Å². The normalized spacial score (nSPS) is 10.2. The molecule has 0 atom stereocenters. The number of carbonyl (C=O) groups excluding carboxylic acids is 2. The van der Waals surface area contributed by atoms with Crippen molar-refractivity contribution in [1.82, 2.24) is 16.0 Å². The highest BCUT2D eigenvalue weighted by molar-refractivity contribution is 6.31. The predicted molar refractivity (Wildman–Crippen MR) is 95.0 cm³/mol. The molecule has 2 aromatic carbocycles. The van der Waals surface area contributed by atoms with E-state index in [0.717, 1.165) is 5.56 Å². The Bertz CT molecular complexity index is 740. The Labute approximate surface area is 150 Å². The van der Waals surface area contributed by atoms with Crippen LogP contribution in [0.25, 0.3) is 0 Å². The average molecular weight is 364 g/mol. The second kappa shape index (κ2) is 9.64. The van der Waals surface area contributed by atoms with Gasteiger partial charge in [-0.1, -0.05) is 41.9 Å². The highest BCUT2D eigenvalue weighted by atomic mass is 35.5. The standard InChI is InChI=1S/C18H19ClFN3O2/c19-15-8-3-1-6-13(15)12-23-18(25)22-11-5-10-21-17(24)14-7-2-4-9-16(14)20/h1-4,6-9H,5,10-12H2,(H,21,24)(H2,22,23,25). The van der Waals surface area contributed by atoms with Crippen molar-refractivity contribution in [3.8, 4) is 0 Å². The number of carbonyl (C=O) groups is 2. The summed E-state index contributed by atoms with van der Waals surface area (Å²) in [5, 5.41) is 8.59. The molecular weight excluding hydrogens is 345 g/mol. The third kappa shape index (κ3) is 6.08. The molecule has 132 valence electrons. The summed E-state index contributed by atoms with van der Waals surface area (Å²) in [6.07, 6.45) is 0.527. The molecule has 3 N–H and O–H groups in total. The largest absolute Gasteiger partial charge is 0.352 e. The van der Waals surface area contributed by atoms with E-state index in [9.17, 15) is 14.0 Å². The zero-order chi connectivity index (χ0) is 18.1. The lowest BCUT2D eigenvalue weighted by atomic mass is 10.2. The fraction of sp³-hybridized carbons (Fsp3) is 0.222. The minimum Gasteiger partial charge on any atom is -0.352 e. The summed E-state index contributed by atoms with van der Waals surface area (Å²) in [6.45, 7) is 1.04. The summed E-state index contributed by atoms with van der Waals surface area (Å²) in [6, 6.07) is 12.7. The molecule has 0 aliphatic heterocycles. The maximum atomic E-state index is 13.4. The second-order valence-corrected chi connectivity index (χ2v) is 5.70. The van der Waals surface area contributed by atoms with Crippen molar-refractivity contribution in [2.75, 3.05) is 13.1 Å². The number of hydrogen-bond donors (Lipinski definition) is 3. The Kier molecular flexibility index (Phi) is 7.22. The molecule has 0 heterocycles. The summed E-state index contributed by atoms with van der Waals surface area (Å²) in [5.41, 5.74) is 0.837. The van der Waals surface area contributed by atoms with Gasteiger partial charge in [-0.2, -0.15) is 0 Å². The van der Waals surface area contributed by atoms with E-state index in [-0.39, 0.29) is 11.6 Å². The van der Waals surface area contributed by atoms with Crippen molar-refractivity contribution >= 4 is 23.5 Å². The first kappa shape index (κ1) is 18.7.